The second-order valence-electron chi connectivity index (χ2n) is 6.16. The van der Waals surface area contributed by atoms with Crippen molar-refractivity contribution in [1.29, 1.82) is 0 Å². The largest absolute Gasteiger partial charge is 0.481 e. The summed E-state index contributed by atoms with van der Waals surface area (Å²) in [5.74, 6) is -1.05. The first-order chi connectivity index (χ1) is 9.95. The molecule has 1 rings (SSSR count). The molecule has 4 unspecified atom stereocenters. The SMILES string of the molecule is CCCCCC(=O)CCC1C(O)CC(O)C1CCC(=O)O. The average molecular weight is 300 g/mol. The molecule has 0 aromatic heterocycles. The number of ketones is 1. The monoisotopic (exact) mass is 300 g/mol. The van der Waals surface area contributed by atoms with Crippen LogP contribution in [0.2, 0.25) is 0 Å². The van der Waals surface area contributed by atoms with E-state index in [1.807, 2.05) is 0 Å². The van der Waals surface area contributed by atoms with Crippen LogP contribution in [0, 0.1) is 11.8 Å². The van der Waals surface area contributed by atoms with Crippen molar-refractivity contribution < 1.29 is 24.9 Å². The van der Waals surface area contributed by atoms with Crippen molar-refractivity contribution in [2.45, 2.75) is 76.9 Å². The van der Waals surface area contributed by atoms with Gasteiger partial charge in [-0.2, -0.15) is 0 Å². The van der Waals surface area contributed by atoms with Crippen molar-refractivity contribution in [3.05, 3.63) is 0 Å². The van der Waals surface area contributed by atoms with Gasteiger partial charge in [0.15, 0.2) is 0 Å². The van der Waals surface area contributed by atoms with Crippen LogP contribution in [0.5, 0.6) is 0 Å². The van der Waals surface area contributed by atoms with Crippen molar-refractivity contribution in [1.82, 2.24) is 0 Å². The van der Waals surface area contributed by atoms with Crippen molar-refractivity contribution in [3.63, 3.8) is 0 Å². The predicted molar refractivity (Wildman–Crippen MR) is 78.9 cm³/mol. The molecule has 5 heteroatoms. The third-order valence-corrected chi connectivity index (χ3v) is 4.53. The fraction of sp³-hybridized carbons (Fsp3) is 0.875. The van der Waals surface area contributed by atoms with Gasteiger partial charge in [0.05, 0.1) is 12.2 Å². The van der Waals surface area contributed by atoms with E-state index in [0.717, 1.165) is 19.3 Å². The number of aliphatic carboxylic acids is 1. The maximum atomic E-state index is 11.8. The Labute approximate surface area is 126 Å². The first-order valence-corrected chi connectivity index (χ1v) is 8.05. The molecular formula is C16H28O5. The van der Waals surface area contributed by atoms with Crippen LogP contribution < -0.4 is 0 Å². The number of carbonyl (C=O) groups is 2. The molecule has 5 nitrogen and oxygen atoms in total. The molecular weight excluding hydrogens is 272 g/mol. The van der Waals surface area contributed by atoms with Crippen LogP contribution in [-0.2, 0) is 9.59 Å². The van der Waals surface area contributed by atoms with E-state index in [4.69, 9.17) is 5.11 Å². The van der Waals surface area contributed by atoms with Gasteiger partial charge in [0.1, 0.15) is 5.78 Å². The summed E-state index contributed by atoms with van der Waals surface area (Å²) in [5, 5.41) is 28.7. The molecule has 1 saturated carbocycles. The molecule has 0 aromatic rings. The van der Waals surface area contributed by atoms with Gasteiger partial charge in [-0.25, -0.2) is 0 Å². The predicted octanol–water partition coefficient (Wildman–Crippen LogP) is 2.14. The van der Waals surface area contributed by atoms with Crippen LogP contribution in [0.3, 0.4) is 0 Å². The highest BCUT2D eigenvalue weighted by Gasteiger charge is 2.41. The molecule has 1 fully saturated rings. The molecule has 0 amide bonds. The van der Waals surface area contributed by atoms with Crippen LogP contribution in [0.4, 0.5) is 0 Å². The third-order valence-electron chi connectivity index (χ3n) is 4.53. The third kappa shape index (κ3) is 6.14. The summed E-state index contributed by atoms with van der Waals surface area (Å²) in [7, 11) is 0. The normalized spacial score (nSPS) is 28.7. The zero-order valence-corrected chi connectivity index (χ0v) is 12.8. The number of hydrogen-bond donors (Lipinski definition) is 3. The van der Waals surface area contributed by atoms with Crippen molar-refractivity contribution in [2.24, 2.45) is 11.8 Å². The minimum atomic E-state index is -0.891. The number of unbranched alkanes of at least 4 members (excludes halogenated alkanes) is 2. The molecule has 1 aliphatic rings. The Morgan fingerprint density at radius 1 is 0.952 bits per heavy atom. The Balaban J connectivity index is 2.42. The summed E-state index contributed by atoms with van der Waals surface area (Å²) < 4.78 is 0. The summed E-state index contributed by atoms with van der Waals surface area (Å²) in [6, 6.07) is 0. The summed E-state index contributed by atoms with van der Waals surface area (Å²) in [6.07, 6.45) is 3.97. The first kappa shape index (κ1) is 18.1. The van der Waals surface area contributed by atoms with E-state index in [1.165, 1.54) is 0 Å². The van der Waals surface area contributed by atoms with Crippen LogP contribution >= 0.6 is 0 Å². The standard InChI is InChI=1S/C16H28O5/c1-2-3-4-5-11(17)6-7-12-13(8-9-16(20)21)15(19)10-14(12)18/h12-15,18-19H,2-10H2,1H3,(H,20,21). The maximum absolute atomic E-state index is 11.8. The van der Waals surface area contributed by atoms with Gasteiger partial charge in [-0.1, -0.05) is 19.8 Å². The summed E-state index contributed by atoms with van der Waals surface area (Å²) in [4.78, 5) is 22.5. The molecule has 3 N–H and O–H groups in total. The Kier molecular flexibility index (Phi) is 7.89. The summed E-state index contributed by atoms with van der Waals surface area (Å²) in [6.45, 7) is 2.09. The van der Waals surface area contributed by atoms with E-state index < -0.39 is 18.2 Å². The lowest BCUT2D eigenvalue weighted by Gasteiger charge is -2.22. The van der Waals surface area contributed by atoms with Crippen LogP contribution in [-0.4, -0.2) is 39.3 Å². The highest BCUT2D eigenvalue weighted by Crippen LogP contribution is 2.38. The van der Waals surface area contributed by atoms with E-state index in [0.29, 0.717) is 32.1 Å². The van der Waals surface area contributed by atoms with Gasteiger partial charge in [-0.3, -0.25) is 9.59 Å². The molecule has 4 atom stereocenters. The van der Waals surface area contributed by atoms with Crippen molar-refractivity contribution >= 4 is 11.8 Å². The van der Waals surface area contributed by atoms with E-state index in [-0.39, 0.29) is 24.0 Å². The van der Waals surface area contributed by atoms with E-state index in [1.54, 1.807) is 0 Å². The van der Waals surface area contributed by atoms with E-state index in [2.05, 4.69) is 6.92 Å². The van der Waals surface area contributed by atoms with Gasteiger partial charge in [0, 0.05) is 19.3 Å². The molecule has 0 radical (unpaired) electrons. The minimum absolute atomic E-state index is 0.00457. The molecule has 1 aliphatic carbocycles. The number of rotatable bonds is 10. The molecule has 0 saturated heterocycles. The first-order valence-electron chi connectivity index (χ1n) is 8.05. The zero-order chi connectivity index (χ0) is 15.8. The second kappa shape index (κ2) is 9.15. The molecule has 0 heterocycles. The van der Waals surface area contributed by atoms with Crippen LogP contribution in [0.15, 0.2) is 0 Å². The molecule has 0 bridgehead atoms. The Morgan fingerprint density at radius 3 is 2.05 bits per heavy atom. The summed E-state index contributed by atoms with van der Waals surface area (Å²) >= 11 is 0. The smallest absolute Gasteiger partial charge is 0.303 e. The Bertz CT molecular complexity index is 342. The lowest BCUT2D eigenvalue weighted by molar-refractivity contribution is -0.137. The number of aliphatic hydroxyl groups is 2. The number of hydrogen-bond acceptors (Lipinski definition) is 4. The van der Waals surface area contributed by atoms with Gasteiger partial charge in [-0.05, 0) is 37.5 Å². The molecule has 21 heavy (non-hydrogen) atoms. The lowest BCUT2D eigenvalue weighted by atomic mass is 9.85. The minimum Gasteiger partial charge on any atom is -0.481 e. The average Bonchev–Trinajstić information content (AvgIpc) is 2.68. The quantitative estimate of drug-likeness (QED) is 0.537. The van der Waals surface area contributed by atoms with Gasteiger partial charge in [-0.15, -0.1) is 0 Å². The zero-order valence-electron chi connectivity index (χ0n) is 12.8. The topological polar surface area (TPSA) is 94.8 Å². The molecule has 122 valence electrons. The van der Waals surface area contributed by atoms with Gasteiger partial charge in [0.25, 0.3) is 0 Å². The fourth-order valence-corrected chi connectivity index (χ4v) is 3.30. The number of Topliss-reactive ketones (excluding diaryl/α,β-unsaturated/α-hetero) is 1. The van der Waals surface area contributed by atoms with Crippen LogP contribution in [0.25, 0.3) is 0 Å². The number of carbonyl (C=O) groups excluding carboxylic acids is 1. The van der Waals surface area contributed by atoms with E-state index >= 15 is 0 Å². The maximum Gasteiger partial charge on any atom is 0.303 e. The highest BCUT2D eigenvalue weighted by molar-refractivity contribution is 5.78. The Hall–Kier alpha value is -0.940. The molecule has 0 aromatic carbocycles. The van der Waals surface area contributed by atoms with Gasteiger partial charge in [0.2, 0.25) is 0 Å². The second-order valence-corrected chi connectivity index (χ2v) is 6.16. The van der Waals surface area contributed by atoms with Gasteiger partial charge < -0.3 is 15.3 Å². The lowest BCUT2D eigenvalue weighted by Crippen LogP contribution is -2.24. The van der Waals surface area contributed by atoms with Crippen molar-refractivity contribution in [2.75, 3.05) is 0 Å². The van der Waals surface area contributed by atoms with E-state index in [9.17, 15) is 19.8 Å². The van der Waals surface area contributed by atoms with Gasteiger partial charge >= 0.3 is 5.97 Å². The van der Waals surface area contributed by atoms with Crippen molar-refractivity contribution in [3.8, 4) is 0 Å². The highest BCUT2D eigenvalue weighted by atomic mass is 16.4. The fourth-order valence-electron chi connectivity index (χ4n) is 3.30. The number of aliphatic hydroxyl groups excluding tert-OH is 2. The van der Waals surface area contributed by atoms with Crippen LogP contribution in [0.1, 0.15) is 64.7 Å². The Morgan fingerprint density at radius 2 is 1.52 bits per heavy atom. The molecule has 0 spiro atoms. The number of carboxylic acids is 1. The summed E-state index contributed by atoms with van der Waals surface area (Å²) in [5.41, 5.74) is 0. The number of carboxylic acid groups (broad SMARTS) is 1. The molecule has 0 aliphatic heterocycles.